The van der Waals surface area contributed by atoms with E-state index in [0.29, 0.717) is 11.5 Å². The zero-order valence-corrected chi connectivity index (χ0v) is 11.5. The minimum Gasteiger partial charge on any atom is -0.326 e. The van der Waals surface area contributed by atoms with Gasteiger partial charge in [-0.3, -0.25) is 4.79 Å². The van der Waals surface area contributed by atoms with Crippen LogP contribution in [0.5, 0.6) is 0 Å². The molecule has 3 aliphatic rings. The maximum atomic E-state index is 11.6. The van der Waals surface area contributed by atoms with Gasteiger partial charge in [-0.15, -0.1) is 0 Å². The molecule has 1 spiro atoms. The molecular formula is C16H22N2O. The number of pyridine rings is 1. The second kappa shape index (κ2) is 3.95. The zero-order chi connectivity index (χ0) is 13.0. The molecule has 3 heteroatoms. The van der Waals surface area contributed by atoms with Gasteiger partial charge in [0.25, 0.3) is 0 Å². The largest absolute Gasteiger partial charge is 0.326 e. The van der Waals surface area contributed by atoms with Crippen molar-refractivity contribution >= 4 is 0 Å². The summed E-state index contributed by atoms with van der Waals surface area (Å²) in [6.07, 6.45) is 6.24. The first-order valence-electron chi connectivity index (χ1n) is 7.66. The fourth-order valence-corrected chi connectivity index (χ4v) is 5.16. The first-order chi connectivity index (χ1) is 9.20. The Labute approximate surface area is 113 Å². The molecule has 2 N–H and O–H groups in total. The van der Waals surface area contributed by atoms with Crippen molar-refractivity contribution in [2.75, 3.05) is 6.54 Å². The first kappa shape index (κ1) is 11.7. The summed E-state index contributed by atoms with van der Waals surface area (Å²) in [5, 5.41) is 3.78. The van der Waals surface area contributed by atoms with E-state index >= 15 is 0 Å². The average Bonchev–Trinajstić information content (AvgIpc) is 2.68. The van der Waals surface area contributed by atoms with Gasteiger partial charge in [-0.2, -0.15) is 0 Å². The normalized spacial score (nSPS) is 40.4. The number of fused-ring (bicyclic) bond motifs is 1. The minimum atomic E-state index is 0.0576. The Balaban J connectivity index is 1.88. The maximum absolute atomic E-state index is 11.6. The van der Waals surface area contributed by atoms with E-state index in [1.54, 1.807) is 6.07 Å². The van der Waals surface area contributed by atoms with Gasteiger partial charge >= 0.3 is 0 Å². The predicted molar refractivity (Wildman–Crippen MR) is 75.4 cm³/mol. The molecule has 1 saturated carbocycles. The summed E-state index contributed by atoms with van der Waals surface area (Å²) >= 11 is 0. The van der Waals surface area contributed by atoms with E-state index in [4.69, 9.17) is 0 Å². The lowest BCUT2D eigenvalue weighted by Gasteiger charge is -2.52. The third-order valence-electron chi connectivity index (χ3n) is 5.79. The van der Waals surface area contributed by atoms with Gasteiger partial charge in [-0.25, -0.2) is 0 Å². The lowest BCUT2D eigenvalue weighted by Crippen LogP contribution is -2.58. The molecule has 3 nitrogen and oxygen atoms in total. The maximum Gasteiger partial charge on any atom is 0.248 e. The van der Waals surface area contributed by atoms with Gasteiger partial charge in [-0.1, -0.05) is 13.0 Å². The van der Waals surface area contributed by atoms with Crippen LogP contribution < -0.4 is 10.9 Å². The number of rotatable bonds is 0. The van der Waals surface area contributed by atoms with Crippen molar-refractivity contribution in [2.24, 2.45) is 11.8 Å². The van der Waals surface area contributed by atoms with Gasteiger partial charge in [0.2, 0.25) is 5.56 Å². The number of aromatic nitrogens is 1. The number of aromatic amines is 1. The number of piperidine rings is 1. The molecule has 1 aromatic heterocycles. The summed E-state index contributed by atoms with van der Waals surface area (Å²) in [7, 11) is 0. The summed E-state index contributed by atoms with van der Waals surface area (Å²) < 4.78 is 0. The lowest BCUT2D eigenvalue weighted by molar-refractivity contribution is 0.0797. The van der Waals surface area contributed by atoms with Crippen LogP contribution in [-0.4, -0.2) is 17.6 Å². The first-order valence-corrected chi connectivity index (χ1v) is 7.66. The summed E-state index contributed by atoms with van der Waals surface area (Å²) in [5.41, 5.74) is 3.04. The van der Waals surface area contributed by atoms with Crippen molar-refractivity contribution in [3.8, 4) is 0 Å². The summed E-state index contributed by atoms with van der Waals surface area (Å²) in [4.78, 5) is 14.7. The van der Waals surface area contributed by atoms with Gasteiger partial charge in [0.05, 0.1) is 0 Å². The van der Waals surface area contributed by atoms with Gasteiger partial charge in [0.1, 0.15) is 0 Å². The highest BCUT2D eigenvalue weighted by Gasteiger charge is 2.55. The second-order valence-corrected chi connectivity index (χ2v) is 6.84. The molecule has 0 aromatic carbocycles. The molecule has 2 aliphatic carbocycles. The van der Waals surface area contributed by atoms with E-state index in [2.05, 4.69) is 23.3 Å². The number of hydrogen-bond acceptors (Lipinski definition) is 2. The molecule has 0 bridgehead atoms. The standard InChI is InChI=1S/C16H22N2O/c1-10-7-11-9-13-12(3-4-15(19)18-13)16(11)5-2-6-17-14(16)8-10/h3-4,10-11,14,17H,2,5-9H2,1H3,(H,18,19). The fraction of sp³-hybridized carbons (Fsp3) is 0.688. The summed E-state index contributed by atoms with van der Waals surface area (Å²) in [6.45, 7) is 3.54. The predicted octanol–water partition coefficient (Wildman–Crippen LogP) is 1.97. The van der Waals surface area contributed by atoms with Crippen LogP contribution in [0.15, 0.2) is 16.9 Å². The van der Waals surface area contributed by atoms with Crippen molar-refractivity contribution < 1.29 is 0 Å². The molecule has 4 atom stereocenters. The molecule has 102 valence electrons. The van der Waals surface area contributed by atoms with Crippen molar-refractivity contribution in [3.05, 3.63) is 33.7 Å². The highest BCUT2D eigenvalue weighted by Crippen LogP contribution is 2.55. The van der Waals surface area contributed by atoms with E-state index in [9.17, 15) is 4.79 Å². The molecule has 4 rings (SSSR count). The molecule has 1 saturated heterocycles. The molecule has 19 heavy (non-hydrogen) atoms. The molecule has 4 unspecified atom stereocenters. The van der Waals surface area contributed by atoms with Gasteiger partial charge < -0.3 is 10.3 Å². The number of nitrogens with one attached hydrogen (secondary N) is 2. The summed E-state index contributed by atoms with van der Waals surface area (Å²) in [5.74, 6) is 1.52. The van der Waals surface area contributed by atoms with Crippen molar-refractivity contribution in [1.82, 2.24) is 10.3 Å². The van der Waals surface area contributed by atoms with Crippen LogP contribution in [0.3, 0.4) is 0 Å². The van der Waals surface area contributed by atoms with Crippen LogP contribution in [0, 0.1) is 11.8 Å². The van der Waals surface area contributed by atoms with E-state index in [0.717, 1.165) is 24.8 Å². The fourth-order valence-electron chi connectivity index (χ4n) is 5.16. The van der Waals surface area contributed by atoms with Gasteiger partial charge in [0, 0.05) is 23.2 Å². The molecular weight excluding hydrogens is 236 g/mol. The third-order valence-corrected chi connectivity index (χ3v) is 5.79. The van der Waals surface area contributed by atoms with E-state index in [-0.39, 0.29) is 5.56 Å². The SMILES string of the molecule is CC1CC2Cc3[nH]c(=O)ccc3C23CCCNC3C1. The smallest absolute Gasteiger partial charge is 0.248 e. The van der Waals surface area contributed by atoms with E-state index in [1.807, 2.05) is 0 Å². The van der Waals surface area contributed by atoms with Crippen LogP contribution >= 0.6 is 0 Å². The Bertz CT molecular complexity index is 564. The Kier molecular flexibility index (Phi) is 2.44. The van der Waals surface area contributed by atoms with Crippen LogP contribution in [0.25, 0.3) is 0 Å². The Morgan fingerprint density at radius 2 is 2.21 bits per heavy atom. The lowest BCUT2D eigenvalue weighted by atomic mass is 9.57. The van der Waals surface area contributed by atoms with Crippen LogP contribution in [0.4, 0.5) is 0 Å². The molecule has 1 aromatic rings. The summed E-state index contributed by atoms with van der Waals surface area (Å²) in [6, 6.07) is 4.45. The monoisotopic (exact) mass is 258 g/mol. The number of hydrogen-bond donors (Lipinski definition) is 2. The van der Waals surface area contributed by atoms with Crippen LogP contribution in [0.2, 0.25) is 0 Å². The highest BCUT2D eigenvalue weighted by molar-refractivity contribution is 5.40. The highest BCUT2D eigenvalue weighted by atomic mass is 16.1. The zero-order valence-electron chi connectivity index (χ0n) is 11.5. The molecule has 0 radical (unpaired) electrons. The molecule has 1 aliphatic heterocycles. The molecule has 2 fully saturated rings. The van der Waals surface area contributed by atoms with Gasteiger partial charge in [-0.05, 0) is 56.0 Å². The van der Waals surface area contributed by atoms with Crippen molar-refractivity contribution in [3.63, 3.8) is 0 Å². The Morgan fingerprint density at radius 3 is 3.11 bits per heavy atom. The minimum absolute atomic E-state index is 0.0576. The average molecular weight is 258 g/mol. The van der Waals surface area contributed by atoms with Gasteiger partial charge in [0.15, 0.2) is 0 Å². The Hall–Kier alpha value is -1.09. The second-order valence-electron chi connectivity index (χ2n) is 6.84. The molecule has 0 amide bonds. The topological polar surface area (TPSA) is 44.9 Å². The van der Waals surface area contributed by atoms with E-state index in [1.165, 1.54) is 36.9 Å². The van der Waals surface area contributed by atoms with Crippen LogP contribution in [0.1, 0.15) is 43.9 Å². The van der Waals surface area contributed by atoms with Crippen molar-refractivity contribution in [1.29, 1.82) is 0 Å². The van der Waals surface area contributed by atoms with Crippen LogP contribution in [-0.2, 0) is 11.8 Å². The van der Waals surface area contributed by atoms with Crippen molar-refractivity contribution in [2.45, 2.75) is 50.5 Å². The third kappa shape index (κ3) is 1.51. The Morgan fingerprint density at radius 1 is 1.32 bits per heavy atom. The number of H-pyrrole nitrogens is 1. The molecule has 2 heterocycles. The van der Waals surface area contributed by atoms with E-state index < -0.39 is 0 Å². The quantitative estimate of drug-likeness (QED) is 0.747.